The summed E-state index contributed by atoms with van der Waals surface area (Å²) in [6, 6.07) is 3.57. The number of carboxylic acids is 1. The third-order valence-electron chi connectivity index (χ3n) is 4.68. The van der Waals surface area contributed by atoms with Crippen LogP contribution in [-0.4, -0.2) is 68.1 Å². The van der Waals surface area contributed by atoms with Crippen LogP contribution in [0.1, 0.15) is 12.0 Å². The maximum absolute atomic E-state index is 12.6. The molecule has 0 radical (unpaired) electrons. The van der Waals surface area contributed by atoms with E-state index in [1.54, 1.807) is 6.07 Å². The van der Waals surface area contributed by atoms with Crippen LogP contribution in [0.15, 0.2) is 12.1 Å². The molecule has 1 N–H and O–H groups in total. The van der Waals surface area contributed by atoms with E-state index in [0.29, 0.717) is 43.1 Å². The maximum atomic E-state index is 12.6. The first-order valence-corrected chi connectivity index (χ1v) is 8.41. The molecule has 1 fully saturated rings. The Balaban J connectivity index is 1.80. The number of hydrogen-bond donors (Lipinski definition) is 1. The summed E-state index contributed by atoms with van der Waals surface area (Å²) >= 11 is 0. The van der Waals surface area contributed by atoms with Gasteiger partial charge in [0.05, 0.1) is 19.3 Å². The van der Waals surface area contributed by atoms with Gasteiger partial charge in [0, 0.05) is 37.8 Å². The van der Waals surface area contributed by atoms with E-state index in [0.717, 1.165) is 5.56 Å². The molecule has 0 aromatic heterocycles. The largest absolute Gasteiger partial charge is 0.497 e. The second-order valence-corrected chi connectivity index (χ2v) is 6.50. The standard InChI is InChI=1S/C17H21F3N2O4/c1-25-12-8-11-2-3-14(16(23)24)26-15(11)13(9-12)22-6-4-21(5-7-22)10-17(18,19)20/h8-9,14H,2-7,10H2,1H3,(H,23,24). The Bertz CT molecular complexity index is 673. The molecule has 1 saturated heterocycles. The third kappa shape index (κ3) is 4.14. The lowest BCUT2D eigenvalue weighted by Gasteiger charge is -2.38. The molecular weight excluding hydrogens is 353 g/mol. The van der Waals surface area contributed by atoms with Gasteiger partial charge < -0.3 is 19.5 Å². The van der Waals surface area contributed by atoms with E-state index in [9.17, 15) is 23.1 Å². The molecule has 0 aliphatic carbocycles. The summed E-state index contributed by atoms with van der Waals surface area (Å²) in [7, 11) is 1.54. The number of fused-ring (bicyclic) bond motifs is 1. The van der Waals surface area contributed by atoms with Crippen molar-refractivity contribution in [2.45, 2.75) is 25.1 Å². The first-order valence-electron chi connectivity index (χ1n) is 8.41. The van der Waals surface area contributed by atoms with Gasteiger partial charge in [0.15, 0.2) is 6.10 Å². The SMILES string of the molecule is COc1cc2c(c(N3CCN(CC(F)(F)F)CC3)c1)OC(C(=O)O)CC2. The van der Waals surface area contributed by atoms with Crippen molar-refractivity contribution in [1.29, 1.82) is 0 Å². The summed E-state index contributed by atoms with van der Waals surface area (Å²) in [6.07, 6.45) is -4.21. The van der Waals surface area contributed by atoms with Gasteiger partial charge in [0.1, 0.15) is 11.5 Å². The lowest BCUT2D eigenvalue weighted by molar-refractivity contribution is -0.146. The fourth-order valence-electron chi connectivity index (χ4n) is 3.38. The van der Waals surface area contributed by atoms with Crippen LogP contribution in [0.3, 0.4) is 0 Å². The Morgan fingerprint density at radius 3 is 2.58 bits per heavy atom. The van der Waals surface area contributed by atoms with Crippen LogP contribution in [0, 0.1) is 0 Å². The zero-order valence-electron chi connectivity index (χ0n) is 14.4. The zero-order chi connectivity index (χ0) is 18.9. The highest BCUT2D eigenvalue weighted by Crippen LogP contribution is 2.41. The first kappa shape index (κ1) is 18.6. The van der Waals surface area contributed by atoms with Crippen LogP contribution < -0.4 is 14.4 Å². The van der Waals surface area contributed by atoms with E-state index >= 15 is 0 Å². The topological polar surface area (TPSA) is 62.2 Å². The molecule has 1 aromatic carbocycles. The van der Waals surface area contributed by atoms with Crippen LogP contribution in [0.2, 0.25) is 0 Å². The summed E-state index contributed by atoms with van der Waals surface area (Å²) in [5.41, 5.74) is 1.53. The molecule has 1 aromatic rings. The molecule has 0 bridgehead atoms. The summed E-state index contributed by atoms with van der Waals surface area (Å²) in [5, 5.41) is 9.23. The Morgan fingerprint density at radius 1 is 1.31 bits per heavy atom. The Hall–Kier alpha value is -2.16. The van der Waals surface area contributed by atoms with Gasteiger partial charge >= 0.3 is 12.1 Å². The van der Waals surface area contributed by atoms with Gasteiger partial charge in [-0.1, -0.05) is 0 Å². The second-order valence-electron chi connectivity index (χ2n) is 6.50. The summed E-state index contributed by atoms with van der Waals surface area (Å²) < 4.78 is 48.7. The number of alkyl halides is 3. The van der Waals surface area contributed by atoms with Crippen molar-refractivity contribution in [1.82, 2.24) is 4.90 Å². The number of ether oxygens (including phenoxy) is 2. The van der Waals surface area contributed by atoms with Crippen molar-refractivity contribution in [2.75, 3.05) is 44.7 Å². The van der Waals surface area contributed by atoms with Crippen molar-refractivity contribution < 1.29 is 32.5 Å². The molecule has 0 saturated carbocycles. The number of rotatable bonds is 4. The number of carbonyl (C=O) groups is 1. The van der Waals surface area contributed by atoms with E-state index in [-0.39, 0.29) is 13.1 Å². The van der Waals surface area contributed by atoms with Crippen LogP contribution in [-0.2, 0) is 11.2 Å². The van der Waals surface area contributed by atoms with Crippen molar-refractivity contribution in [2.24, 2.45) is 0 Å². The summed E-state index contributed by atoms with van der Waals surface area (Å²) in [4.78, 5) is 14.6. The van der Waals surface area contributed by atoms with Crippen LogP contribution in [0.4, 0.5) is 18.9 Å². The minimum atomic E-state index is -4.21. The highest BCUT2D eigenvalue weighted by atomic mass is 19.4. The number of benzene rings is 1. The summed E-state index contributed by atoms with van der Waals surface area (Å²) in [6.45, 7) is 0.421. The van der Waals surface area contributed by atoms with E-state index in [4.69, 9.17) is 9.47 Å². The smallest absolute Gasteiger partial charge is 0.401 e. The van der Waals surface area contributed by atoms with Crippen LogP contribution >= 0.6 is 0 Å². The van der Waals surface area contributed by atoms with E-state index in [2.05, 4.69) is 0 Å². The molecule has 3 rings (SSSR count). The number of anilines is 1. The van der Waals surface area contributed by atoms with Gasteiger partial charge in [-0.2, -0.15) is 13.2 Å². The Kier molecular flexibility index (Phi) is 5.17. The molecule has 2 heterocycles. The average molecular weight is 374 g/mol. The number of aliphatic carboxylic acids is 1. The molecule has 9 heteroatoms. The number of methoxy groups -OCH3 is 1. The predicted molar refractivity (Wildman–Crippen MR) is 88.1 cm³/mol. The molecule has 1 unspecified atom stereocenters. The molecule has 0 spiro atoms. The number of carboxylic acid groups (broad SMARTS) is 1. The number of piperazine rings is 1. The van der Waals surface area contributed by atoms with E-state index < -0.39 is 24.8 Å². The van der Waals surface area contributed by atoms with E-state index in [1.165, 1.54) is 12.0 Å². The van der Waals surface area contributed by atoms with Crippen molar-refractivity contribution in [3.63, 3.8) is 0 Å². The molecule has 2 aliphatic heterocycles. The zero-order valence-corrected chi connectivity index (χ0v) is 14.4. The molecule has 1 atom stereocenters. The fourth-order valence-corrected chi connectivity index (χ4v) is 3.38. The highest BCUT2D eigenvalue weighted by Gasteiger charge is 2.34. The fraction of sp³-hybridized carbons (Fsp3) is 0.588. The lowest BCUT2D eigenvalue weighted by atomic mass is 10.00. The molecule has 0 amide bonds. The van der Waals surface area contributed by atoms with Gasteiger partial charge in [-0.25, -0.2) is 4.79 Å². The van der Waals surface area contributed by atoms with Gasteiger partial charge in [-0.05, 0) is 18.9 Å². The number of aryl methyl sites for hydroxylation is 1. The van der Waals surface area contributed by atoms with Crippen molar-refractivity contribution in [3.8, 4) is 11.5 Å². The van der Waals surface area contributed by atoms with Gasteiger partial charge in [-0.3, -0.25) is 4.90 Å². The first-order chi connectivity index (χ1) is 12.3. The monoisotopic (exact) mass is 374 g/mol. The van der Waals surface area contributed by atoms with Crippen molar-refractivity contribution >= 4 is 11.7 Å². The molecule has 2 aliphatic rings. The minimum absolute atomic E-state index is 0.272. The molecule has 6 nitrogen and oxygen atoms in total. The second kappa shape index (κ2) is 7.22. The third-order valence-corrected chi connectivity index (χ3v) is 4.68. The van der Waals surface area contributed by atoms with Gasteiger partial charge in [-0.15, -0.1) is 0 Å². The predicted octanol–water partition coefficient (Wildman–Crippen LogP) is 2.16. The highest BCUT2D eigenvalue weighted by molar-refractivity contribution is 5.75. The van der Waals surface area contributed by atoms with Gasteiger partial charge in [0.25, 0.3) is 0 Å². The number of halogens is 3. The van der Waals surface area contributed by atoms with Crippen LogP contribution in [0.25, 0.3) is 0 Å². The van der Waals surface area contributed by atoms with Gasteiger partial charge in [0.2, 0.25) is 0 Å². The maximum Gasteiger partial charge on any atom is 0.401 e. The van der Waals surface area contributed by atoms with E-state index in [1.807, 2.05) is 11.0 Å². The average Bonchev–Trinajstić information content (AvgIpc) is 2.59. The number of nitrogens with zero attached hydrogens (tertiary/aromatic N) is 2. The van der Waals surface area contributed by atoms with Crippen LogP contribution in [0.5, 0.6) is 11.5 Å². The number of hydrogen-bond acceptors (Lipinski definition) is 5. The Labute approximate surface area is 149 Å². The molecular formula is C17H21F3N2O4. The quantitative estimate of drug-likeness (QED) is 0.872. The van der Waals surface area contributed by atoms with Crippen molar-refractivity contribution in [3.05, 3.63) is 17.7 Å². The Morgan fingerprint density at radius 2 is 2.00 bits per heavy atom. The molecule has 26 heavy (non-hydrogen) atoms. The lowest BCUT2D eigenvalue weighted by Crippen LogP contribution is -2.49. The normalized spacial score (nSPS) is 21.1. The summed E-state index contributed by atoms with van der Waals surface area (Å²) in [5.74, 6) is 0.0926. The molecule has 144 valence electrons. The minimum Gasteiger partial charge on any atom is -0.497 e.